The summed E-state index contributed by atoms with van der Waals surface area (Å²) >= 11 is 1.09. The second-order valence-electron chi connectivity index (χ2n) is 4.22. The molecule has 1 aromatic carbocycles. The first-order valence-electron chi connectivity index (χ1n) is 5.58. The van der Waals surface area contributed by atoms with Gasteiger partial charge < -0.3 is 16.0 Å². The Bertz CT molecular complexity index is 637. The highest BCUT2D eigenvalue weighted by Crippen LogP contribution is 2.27. The van der Waals surface area contributed by atoms with E-state index in [-0.39, 0.29) is 16.4 Å². The molecule has 106 valence electrons. The van der Waals surface area contributed by atoms with Gasteiger partial charge in [0.25, 0.3) is 5.91 Å². The summed E-state index contributed by atoms with van der Waals surface area (Å²) in [5.41, 5.74) is 5.68. The lowest BCUT2D eigenvalue weighted by atomic mass is 10.3. The molecule has 2 rings (SSSR count). The number of carbonyl (C=O) groups excluding carboxylic acids is 1. The third kappa shape index (κ3) is 3.02. The molecule has 8 heteroatoms. The quantitative estimate of drug-likeness (QED) is 0.912. The molecule has 1 aromatic heterocycles. The Morgan fingerprint density at radius 2 is 1.90 bits per heavy atom. The van der Waals surface area contributed by atoms with Crippen molar-refractivity contribution >= 4 is 33.9 Å². The van der Waals surface area contributed by atoms with Crippen molar-refractivity contribution in [3.63, 3.8) is 0 Å². The molecule has 0 aliphatic rings. The van der Waals surface area contributed by atoms with E-state index in [1.165, 1.54) is 0 Å². The highest BCUT2D eigenvalue weighted by atomic mass is 32.1. The Morgan fingerprint density at radius 1 is 1.30 bits per heavy atom. The zero-order chi connectivity index (χ0) is 14.9. The third-order valence-electron chi connectivity index (χ3n) is 2.35. The molecule has 0 aliphatic carbocycles. The van der Waals surface area contributed by atoms with E-state index < -0.39 is 17.5 Å². The summed E-state index contributed by atoms with van der Waals surface area (Å²) in [5.74, 6) is -2.02. The lowest BCUT2D eigenvalue weighted by molar-refractivity contribution is 0.103. The van der Waals surface area contributed by atoms with E-state index in [0.29, 0.717) is 5.13 Å². The summed E-state index contributed by atoms with van der Waals surface area (Å²) < 4.78 is 26.1. The molecule has 2 aromatic rings. The van der Waals surface area contributed by atoms with Crippen molar-refractivity contribution in [2.24, 2.45) is 0 Å². The van der Waals surface area contributed by atoms with Crippen LogP contribution in [0.3, 0.4) is 0 Å². The highest BCUT2D eigenvalue weighted by molar-refractivity contribution is 7.18. The van der Waals surface area contributed by atoms with Crippen LogP contribution in [-0.4, -0.2) is 25.0 Å². The van der Waals surface area contributed by atoms with Gasteiger partial charge in [0.2, 0.25) is 0 Å². The van der Waals surface area contributed by atoms with Gasteiger partial charge in [-0.2, -0.15) is 0 Å². The average molecular weight is 298 g/mol. The van der Waals surface area contributed by atoms with Crippen molar-refractivity contribution in [3.05, 3.63) is 34.7 Å². The maximum atomic E-state index is 13.0. The summed E-state index contributed by atoms with van der Waals surface area (Å²) in [4.78, 5) is 17.9. The lowest BCUT2D eigenvalue weighted by Gasteiger charge is -2.05. The van der Waals surface area contributed by atoms with Crippen LogP contribution in [0.15, 0.2) is 18.2 Å². The summed E-state index contributed by atoms with van der Waals surface area (Å²) in [6.45, 7) is 0. The predicted molar refractivity (Wildman–Crippen MR) is 75.2 cm³/mol. The molecule has 0 fully saturated rings. The van der Waals surface area contributed by atoms with E-state index in [2.05, 4.69) is 10.3 Å². The number of thiazole rings is 1. The van der Waals surface area contributed by atoms with E-state index in [9.17, 15) is 13.6 Å². The second-order valence-corrected chi connectivity index (χ2v) is 5.19. The van der Waals surface area contributed by atoms with Gasteiger partial charge in [0, 0.05) is 25.8 Å². The minimum absolute atomic E-state index is 0.0201. The molecular formula is C12H12F2N4OS. The second kappa shape index (κ2) is 5.41. The molecule has 3 N–H and O–H groups in total. The zero-order valence-electron chi connectivity index (χ0n) is 10.8. The highest BCUT2D eigenvalue weighted by Gasteiger charge is 2.17. The van der Waals surface area contributed by atoms with E-state index >= 15 is 0 Å². The first kappa shape index (κ1) is 14.2. The molecule has 0 spiro atoms. The van der Waals surface area contributed by atoms with Gasteiger partial charge in [0.15, 0.2) is 5.13 Å². The Kier molecular flexibility index (Phi) is 3.84. The maximum absolute atomic E-state index is 13.0. The number of benzene rings is 1. The molecule has 1 heterocycles. The Morgan fingerprint density at radius 3 is 2.40 bits per heavy atom. The minimum atomic E-state index is -0.772. The lowest BCUT2D eigenvalue weighted by Crippen LogP contribution is -2.12. The number of rotatable bonds is 3. The van der Waals surface area contributed by atoms with Gasteiger partial charge in [-0.3, -0.25) is 4.79 Å². The molecule has 0 atom stereocenters. The Balaban J connectivity index is 2.23. The number of aromatic nitrogens is 1. The molecule has 1 amide bonds. The predicted octanol–water partition coefficient (Wildman–Crippen LogP) is 2.32. The SMILES string of the molecule is CN(C)c1nc(N)c(C(=O)Nc2cc(F)cc(F)c2)s1. The summed E-state index contributed by atoms with van der Waals surface area (Å²) in [5, 5.41) is 2.95. The van der Waals surface area contributed by atoms with Crippen molar-refractivity contribution in [3.8, 4) is 0 Å². The first-order valence-corrected chi connectivity index (χ1v) is 6.39. The fraction of sp³-hybridized carbons (Fsp3) is 0.167. The smallest absolute Gasteiger partial charge is 0.269 e. The van der Waals surface area contributed by atoms with Crippen molar-refractivity contribution in [2.75, 3.05) is 30.0 Å². The van der Waals surface area contributed by atoms with Gasteiger partial charge in [-0.25, -0.2) is 13.8 Å². The van der Waals surface area contributed by atoms with Gasteiger partial charge in [0.05, 0.1) is 0 Å². The number of nitrogens with one attached hydrogen (secondary N) is 1. The zero-order valence-corrected chi connectivity index (χ0v) is 11.6. The average Bonchev–Trinajstić information content (AvgIpc) is 2.70. The van der Waals surface area contributed by atoms with Crippen LogP contribution < -0.4 is 16.0 Å². The van der Waals surface area contributed by atoms with Crippen molar-refractivity contribution < 1.29 is 13.6 Å². The molecular weight excluding hydrogens is 286 g/mol. The van der Waals surface area contributed by atoms with Crippen LogP contribution in [0.1, 0.15) is 9.67 Å². The monoisotopic (exact) mass is 298 g/mol. The fourth-order valence-corrected chi connectivity index (χ4v) is 2.29. The molecule has 20 heavy (non-hydrogen) atoms. The van der Waals surface area contributed by atoms with Crippen molar-refractivity contribution in [1.82, 2.24) is 4.98 Å². The Hall–Kier alpha value is -2.22. The van der Waals surface area contributed by atoms with Gasteiger partial charge >= 0.3 is 0 Å². The van der Waals surface area contributed by atoms with Crippen molar-refractivity contribution in [1.29, 1.82) is 0 Å². The topological polar surface area (TPSA) is 71.2 Å². The summed E-state index contributed by atoms with van der Waals surface area (Å²) in [6.07, 6.45) is 0. The Labute approximate surface area is 118 Å². The summed E-state index contributed by atoms with van der Waals surface area (Å²) in [7, 11) is 3.53. The van der Waals surface area contributed by atoms with Gasteiger partial charge in [-0.1, -0.05) is 11.3 Å². The number of hydrogen-bond donors (Lipinski definition) is 2. The molecule has 0 saturated carbocycles. The largest absolute Gasteiger partial charge is 0.382 e. The van der Waals surface area contributed by atoms with Crippen LogP contribution in [0.5, 0.6) is 0 Å². The van der Waals surface area contributed by atoms with E-state index in [1.54, 1.807) is 19.0 Å². The van der Waals surface area contributed by atoms with Crippen LogP contribution in [0, 0.1) is 11.6 Å². The van der Waals surface area contributed by atoms with E-state index in [4.69, 9.17) is 5.73 Å². The molecule has 0 radical (unpaired) electrons. The number of amides is 1. The fourth-order valence-electron chi connectivity index (χ4n) is 1.49. The van der Waals surface area contributed by atoms with Crippen LogP contribution in [0.25, 0.3) is 0 Å². The van der Waals surface area contributed by atoms with Gasteiger partial charge in [-0.05, 0) is 12.1 Å². The van der Waals surface area contributed by atoms with Crippen molar-refractivity contribution in [2.45, 2.75) is 0 Å². The van der Waals surface area contributed by atoms with Crippen LogP contribution in [0.4, 0.5) is 25.4 Å². The number of carbonyl (C=O) groups is 1. The normalized spacial score (nSPS) is 10.4. The minimum Gasteiger partial charge on any atom is -0.382 e. The first-order chi connectivity index (χ1) is 9.36. The number of nitrogens with two attached hydrogens (primary N) is 1. The number of nitrogens with zero attached hydrogens (tertiary/aromatic N) is 2. The number of anilines is 3. The van der Waals surface area contributed by atoms with E-state index in [1.807, 2.05) is 0 Å². The number of hydrogen-bond acceptors (Lipinski definition) is 5. The summed E-state index contributed by atoms with van der Waals surface area (Å²) in [6, 6.07) is 2.76. The maximum Gasteiger partial charge on any atom is 0.269 e. The van der Waals surface area contributed by atoms with Gasteiger partial charge in [-0.15, -0.1) is 0 Å². The van der Waals surface area contributed by atoms with Gasteiger partial charge in [0.1, 0.15) is 22.3 Å². The van der Waals surface area contributed by atoms with E-state index in [0.717, 1.165) is 29.5 Å². The number of nitrogen functional groups attached to an aromatic ring is 1. The standard InChI is InChI=1S/C12H12F2N4OS/c1-18(2)12-17-10(15)9(20-12)11(19)16-8-4-6(13)3-7(14)5-8/h3-5H,15H2,1-2H3,(H,16,19). The molecule has 0 aliphatic heterocycles. The third-order valence-corrected chi connectivity index (χ3v) is 3.59. The van der Waals surface area contributed by atoms with Crippen LogP contribution in [-0.2, 0) is 0 Å². The van der Waals surface area contributed by atoms with Crippen LogP contribution >= 0.6 is 11.3 Å². The molecule has 0 bridgehead atoms. The van der Waals surface area contributed by atoms with Crippen LogP contribution in [0.2, 0.25) is 0 Å². The molecule has 0 saturated heterocycles. The number of halogens is 2. The molecule has 5 nitrogen and oxygen atoms in total. The molecule has 0 unspecified atom stereocenters.